The maximum Gasteiger partial charge on any atom is 0.275 e. The lowest BCUT2D eigenvalue weighted by atomic mass is 9.86. The molecule has 0 atom stereocenters. The van der Waals surface area contributed by atoms with Crippen LogP contribution in [-0.2, 0) is 0 Å². The van der Waals surface area contributed by atoms with Gasteiger partial charge in [0, 0.05) is 6.21 Å². The number of benzene rings is 1. The van der Waals surface area contributed by atoms with Crippen molar-refractivity contribution in [2.75, 3.05) is 0 Å². The summed E-state index contributed by atoms with van der Waals surface area (Å²) in [7, 11) is 0. The first-order valence-electron chi connectivity index (χ1n) is 7.37. The summed E-state index contributed by atoms with van der Waals surface area (Å²) in [6.07, 6.45) is 10.5. The minimum Gasteiger partial charge on any atom is -0.507 e. The minimum atomic E-state index is -0.378. The number of phenols is 1. The molecule has 4 nitrogen and oxygen atoms in total. The molecule has 1 aliphatic carbocycles. The molecule has 0 unspecified atom stereocenters. The Morgan fingerprint density at radius 1 is 1.30 bits per heavy atom. The molecule has 0 heterocycles. The van der Waals surface area contributed by atoms with Crippen molar-refractivity contribution in [2.45, 2.75) is 44.9 Å². The molecule has 2 rings (SSSR count). The fraction of sp³-hybridized carbons (Fsp3) is 0.500. The summed E-state index contributed by atoms with van der Waals surface area (Å²) in [6.45, 7) is 0. The van der Waals surface area contributed by atoms with E-state index in [4.69, 9.17) is 0 Å². The number of amides is 1. The zero-order chi connectivity index (χ0) is 14.2. The van der Waals surface area contributed by atoms with E-state index in [-0.39, 0.29) is 17.2 Å². The summed E-state index contributed by atoms with van der Waals surface area (Å²) in [6, 6.07) is 6.45. The van der Waals surface area contributed by atoms with Crippen LogP contribution in [0.4, 0.5) is 0 Å². The summed E-state index contributed by atoms with van der Waals surface area (Å²) < 4.78 is 0. The molecule has 20 heavy (non-hydrogen) atoms. The maximum absolute atomic E-state index is 11.7. The number of aromatic hydroxyl groups is 1. The van der Waals surface area contributed by atoms with Gasteiger partial charge in [-0.3, -0.25) is 4.79 Å². The average Bonchev–Trinajstić information content (AvgIpc) is 2.48. The van der Waals surface area contributed by atoms with E-state index in [1.54, 1.807) is 24.4 Å². The molecule has 0 spiro atoms. The average molecular weight is 274 g/mol. The molecule has 0 saturated heterocycles. The highest BCUT2D eigenvalue weighted by molar-refractivity contribution is 5.96. The molecule has 2 N–H and O–H groups in total. The van der Waals surface area contributed by atoms with Crippen LogP contribution in [0.2, 0.25) is 0 Å². The number of hydrazone groups is 1. The van der Waals surface area contributed by atoms with Crippen LogP contribution in [-0.4, -0.2) is 17.2 Å². The van der Waals surface area contributed by atoms with Crippen LogP contribution >= 0.6 is 0 Å². The van der Waals surface area contributed by atoms with Crippen molar-refractivity contribution >= 4 is 12.1 Å². The molecule has 1 amide bonds. The van der Waals surface area contributed by atoms with Gasteiger partial charge in [0.15, 0.2) is 0 Å². The molecule has 1 fully saturated rings. The van der Waals surface area contributed by atoms with Crippen molar-refractivity contribution in [1.29, 1.82) is 0 Å². The van der Waals surface area contributed by atoms with Crippen LogP contribution in [0, 0.1) is 5.92 Å². The first kappa shape index (κ1) is 14.6. The van der Waals surface area contributed by atoms with Gasteiger partial charge < -0.3 is 5.11 Å². The van der Waals surface area contributed by atoms with Crippen molar-refractivity contribution in [3.05, 3.63) is 29.8 Å². The van der Waals surface area contributed by atoms with Crippen LogP contribution in [0.25, 0.3) is 0 Å². The number of carbonyl (C=O) groups excluding carboxylic acids is 1. The second-order valence-electron chi connectivity index (χ2n) is 5.35. The van der Waals surface area contributed by atoms with Crippen molar-refractivity contribution in [2.24, 2.45) is 11.0 Å². The van der Waals surface area contributed by atoms with E-state index >= 15 is 0 Å². The Bertz CT molecular complexity index is 465. The van der Waals surface area contributed by atoms with Gasteiger partial charge in [-0.15, -0.1) is 0 Å². The van der Waals surface area contributed by atoms with Crippen molar-refractivity contribution < 1.29 is 9.90 Å². The topological polar surface area (TPSA) is 61.7 Å². The van der Waals surface area contributed by atoms with Gasteiger partial charge in [-0.1, -0.05) is 44.2 Å². The second kappa shape index (κ2) is 7.68. The zero-order valence-corrected chi connectivity index (χ0v) is 11.7. The van der Waals surface area contributed by atoms with Crippen molar-refractivity contribution in [1.82, 2.24) is 5.43 Å². The largest absolute Gasteiger partial charge is 0.507 e. The van der Waals surface area contributed by atoms with E-state index in [1.165, 1.54) is 38.2 Å². The van der Waals surface area contributed by atoms with Gasteiger partial charge in [0.25, 0.3) is 5.91 Å². The third-order valence-electron chi connectivity index (χ3n) is 3.83. The molecule has 1 aliphatic rings. The van der Waals surface area contributed by atoms with Gasteiger partial charge in [0.1, 0.15) is 5.75 Å². The standard InChI is InChI=1S/C16H22N2O2/c19-15-11-5-4-10-14(15)16(20)18-17-12-6-9-13-7-2-1-3-8-13/h4-5,10-13,19H,1-3,6-9H2,(H,18,20)/b17-12+. The van der Waals surface area contributed by atoms with E-state index in [1.807, 2.05) is 0 Å². The fourth-order valence-electron chi connectivity index (χ4n) is 2.68. The predicted octanol–water partition coefficient (Wildman–Crippen LogP) is 3.47. The Hall–Kier alpha value is -1.84. The van der Waals surface area contributed by atoms with Crippen molar-refractivity contribution in [3.63, 3.8) is 0 Å². The SMILES string of the molecule is O=C(N/N=C/CCC1CCCCC1)c1ccccc1O. The van der Waals surface area contributed by atoms with Gasteiger partial charge in [0.05, 0.1) is 5.56 Å². The lowest BCUT2D eigenvalue weighted by Gasteiger charge is -2.20. The van der Waals surface area contributed by atoms with Crippen LogP contribution in [0.5, 0.6) is 5.75 Å². The molecule has 0 aromatic heterocycles. The molecule has 0 radical (unpaired) electrons. The quantitative estimate of drug-likeness (QED) is 0.638. The summed E-state index contributed by atoms with van der Waals surface area (Å²) in [5, 5.41) is 13.5. The summed E-state index contributed by atoms with van der Waals surface area (Å²) >= 11 is 0. The lowest BCUT2D eigenvalue weighted by Crippen LogP contribution is -2.17. The van der Waals surface area contributed by atoms with Gasteiger partial charge in [-0.05, 0) is 30.9 Å². The number of carbonyl (C=O) groups is 1. The molecule has 1 saturated carbocycles. The first-order valence-corrected chi connectivity index (χ1v) is 7.37. The summed E-state index contributed by atoms with van der Waals surface area (Å²) in [5.41, 5.74) is 2.70. The van der Waals surface area contributed by atoms with Gasteiger partial charge in [0.2, 0.25) is 0 Å². The number of phenolic OH excluding ortho intramolecular Hbond substituents is 1. The highest BCUT2D eigenvalue weighted by Crippen LogP contribution is 2.26. The number of hydrogen-bond acceptors (Lipinski definition) is 3. The number of para-hydroxylation sites is 1. The smallest absolute Gasteiger partial charge is 0.275 e. The maximum atomic E-state index is 11.7. The minimum absolute atomic E-state index is 0.0256. The van der Waals surface area contributed by atoms with E-state index in [0.717, 1.165) is 18.8 Å². The van der Waals surface area contributed by atoms with Gasteiger partial charge >= 0.3 is 0 Å². The van der Waals surface area contributed by atoms with E-state index in [9.17, 15) is 9.90 Å². The molecule has 108 valence electrons. The molecular formula is C16H22N2O2. The van der Waals surface area contributed by atoms with E-state index in [0.29, 0.717) is 0 Å². The Balaban J connectivity index is 1.70. The van der Waals surface area contributed by atoms with Crippen LogP contribution in [0.3, 0.4) is 0 Å². The number of nitrogens with one attached hydrogen (secondary N) is 1. The number of nitrogens with zero attached hydrogens (tertiary/aromatic N) is 1. The third-order valence-corrected chi connectivity index (χ3v) is 3.83. The fourth-order valence-corrected chi connectivity index (χ4v) is 2.68. The van der Waals surface area contributed by atoms with Crippen LogP contribution < -0.4 is 5.43 Å². The van der Waals surface area contributed by atoms with E-state index < -0.39 is 0 Å². The molecular weight excluding hydrogens is 252 g/mol. The van der Waals surface area contributed by atoms with Gasteiger partial charge in [-0.25, -0.2) is 5.43 Å². The number of rotatable bonds is 5. The second-order valence-corrected chi connectivity index (χ2v) is 5.35. The first-order chi connectivity index (χ1) is 9.77. The predicted molar refractivity (Wildman–Crippen MR) is 79.9 cm³/mol. The Morgan fingerprint density at radius 2 is 2.05 bits per heavy atom. The molecule has 0 bridgehead atoms. The zero-order valence-electron chi connectivity index (χ0n) is 11.7. The Kier molecular flexibility index (Phi) is 5.59. The van der Waals surface area contributed by atoms with Crippen LogP contribution in [0.1, 0.15) is 55.3 Å². The molecule has 1 aromatic carbocycles. The molecule has 1 aromatic rings. The third kappa shape index (κ3) is 4.37. The van der Waals surface area contributed by atoms with Crippen LogP contribution in [0.15, 0.2) is 29.4 Å². The van der Waals surface area contributed by atoms with E-state index in [2.05, 4.69) is 10.5 Å². The summed E-state index contributed by atoms with van der Waals surface area (Å²) in [5.74, 6) is 0.420. The molecule has 0 aliphatic heterocycles. The normalized spacial score (nSPS) is 16.4. The highest BCUT2D eigenvalue weighted by Gasteiger charge is 2.12. The summed E-state index contributed by atoms with van der Waals surface area (Å²) in [4.78, 5) is 11.7. The highest BCUT2D eigenvalue weighted by atomic mass is 16.3. The monoisotopic (exact) mass is 274 g/mol. The lowest BCUT2D eigenvalue weighted by molar-refractivity contribution is 0.0952. The Labute approximate surface area is 119 Å². The molecule has 4 heteroatoms. The Morgan fingerprint density at radius 3 is 2.80 bits per heavy atom. The number of hydrogen-bond donors (Lipinski definition) is 2. The van der Waals surface area contributed by atoms with Crippen molar-refractivity contribution in [3.8, 4) is 5.75 Å². The van der Waals surface area contributed by atoms with Gasteiger partial charge in [-0.2, -0.15) is 5.10 Å².